The Morgan fingerprint density at radius 2 is 1.69 bits per heavy atom. The van der Waals surface area contributed by atoms with Gasteiger partial charge >= 0.3 is 6.03 Å². The average molecular weight is 489 g/mol. The van der Waals surface area contributed by atoms with Crippen LogP contribution in [0.3, 0.4) is 0 Å². The lowest BCUT2D eigenvalue weighted by Crippen LogP contribution is -2.50. The highest BCUT2D eigenvalue weighted by Gasteiger charge is 2.25. The molecule has 0 radical (unpaired) electrons. The molecular formula is C30H40N4O2. The number of fused-ring (bicyclic) bond motifs is 1. The fourth-order valence-electron chi connectivity index (χ4n) is 5.13. The Hall–Kier alpha value is -3.28. The van der Waals surface area contributed by atoms with Gasteiger partial charge in [0.05, 0.1) is 0 Å². The Morgan fingerprint density at radius 1 is 0.972 bits per heavy atom. The van der Waals surface area contributed by atoms with Crippen LogP contribution in [0.4, 0.5) is 4.79 Å². The van der Waals surface area contributed by atoms with Gasteiger partial charge in [0.1, 0.15) is 6.54 Å². The summed E-state index contributed by atoms with van der Waals surface area (Å²) in [7, 11) is 0. The van der Waals surface area contributed by atoms with E-state index in [0.717, 1.165) is 43.2 Å². The lowest BCUT2D eigenvalue weighted by molar-refractivity contribution is -0.132. The van der Waals surface area contributed by atoms with Crippen LogP contribution in [0, 0.1) is 5.92 Å². The summed E-state index contributed by atoms with van der Waals surface area (Å²) in [4.78, 5) is 33.8. The second-order valence-electron chi connectivity index (χ2n) is 10.5. The summed E-state index contributed by atoms with van der Waals surface area (Å²) in [5.74, 6) is 0.266. The number of H-pyrrole nitrogens is 1. The summed E-state index contributed by atoms with van der Waals surface area (Å²) in [5.41, 5.74) is 3.40. The molecule has 6 heteroatoms. The number of aromatic nitrogens is 1. The van der Waals surface area contributed by atoms with Crippen LogP contribution in [0.2, 0.25) is 0 Å². The Labute approximate surface area is 215 Å². The van der Waals surface area contributed by atoms with Crippen LogP contribution < -0.4 is 5.32 Å². The van der Waals surface area contributed by atoms with Crippen LogP contribution in [0.15, 0.2) is 60.8 Å². The number of amides is 3. The van der Waals surface area contributed by atoms with Gasteiger partial charge in [-0.2, -0.15) is 0 Å². The van der Waals surface area contributed by atoms with Gasteiger partial charge in [-0.05, 0) is 42.4 Å². The lowest BCUT2D eigenvalue weighted by Gasteiger charge is -2.31. The normalized spacial score (nSPS) is 14.2. The zero-order chi connectivity index (χ0) is 25.3. The number of nitrogens with one attached hydrogen (secondary N) is 2. The summed E-state index contributed by atoms with van der Waals surface area (Å²) in [6.07, 6.45) is 8.41. The molecule has 1 saturated carbocycles. The molecule has 2 aromatic carbocycles. The average Bonchev–Trinajstić information content (AvgIpc) is 3.30. The third-order valence-corrected chi connectivity index (χ3v) is 7.03. The molecular weight excluding hydrogens is 448 g/mol. The van der Waals surface area contributed by atoms with Crippen molar-refractivity contribution in [1.82, 2.24) is 20.1 Å². The summed E-state index contributed by atoms with van der Waals surface area (Å²) >= 11 is 0. The summed E-state index contributed by atoms with van der Waals surface area (Å²) in [6, 6.07) is 18.4. The van der Waals surface area contributed by atoms with E-state index in [9.17, 15) is 9.59 Å². The van der Waals surface area contributed by atoms with E-state index in [-0.39, 0.29) is 30.4 Å². The number of rotatable bonds is 10. The largest absolute Gasteiger partial charge is 0.361 e. The standard InChI is InChI=1S/C30H40N4O2/c1-23(2)20-34(30(36)32-26-13-7-4-8-14-26)22-29(35)33(21-24-11-5-3-6-12-24)18-17-25-19-31-28-16-10-9-15-27(25)28/h3,5-6,9-12,15-16,19,23,26,31H,4,7-8,13-14,17-18,20-22H2,1-2H3,(H,32,36). The maximum atomic E-state index is 13.7. The number of carbonyl (C=O) groups excluding carboxylic acids is 2. The van der Waals surface area contributed by atoms with Crippen molar-refractivity contribution in [3.05, 3.63) is 71.9 Å². The highest BCUT2D eigenvalue weighted by atomic mass is 16.2. The van der Waals surface area contributed by atoms with Crippen LogP contribution in [0.25, 0.3) is 10.9 Å². The number of aromatic amines is 1. The minimum atomic E-state index is -0.111. The van der Waals surface area contributed by atoms with E-state index >= 15 is 0 Å². The van der Waals surface area contributed by atoms with Gasteiger partial charge in [-0.3, -0.25) is 4.79 Å². The summed E-state index contributed by atoms with van der Waals surface area (Å²) in [6.45, 7) is 5.95. The number of hydrogen-bond donors (Lipinski definition) is 2. The van der Waals surface area contributed by atoms with Crippen molar-refractivity contribution < 1.29 is 9.59 Å². The maximum Gasteiger partial charge on any atom is 0.318 e. The number of para-hydroxylation sites is 1. The monoisotopic (exact) mass is 488 g/mol. The van der Waals surface area contributed by atoms with E-state index in [4.69, 9.17) is 0 Å². The third kappa shape index (κ3) is 7.12. The van der Waals surface area contributed by atoms with Gasteiger partial charge in [-0.25, -0.2) is 4.79 Å². The highest BCUT2D eigenvalue weighted by Crippen LogP contribution is 2.20. The first-order chi connectivity index (χ1) is 17.5. The summed E-state index contributed by atoms with van der Waals surface area (Å²) < 4.78 is 0. The second kappa shape index (κ2) is 12.6. The molecule has 2 N–H and O–H groups in total. The van der Waals surface area contributed by atoms with Gasteiger partial charge in [0.25, 0.3) is 0 Å². The van der Waals surface area contributed by atoms with E-state index in [1.165, 1.54) is 17.4 Å². The number of hydrogen-bond acceptors (Lipinski definition) is 2. The molecule has 6 nitrogen and oxygen atoms in total. The quantitative estimate of drug-likeness (QED) is 0.382. The number of urea groups is 1. The Morgan fingerprint density at radius 3 is 2.44 bits per heavy atom. The van der Waals surface area contributed by atoms with Gasteiger partial charge in [0, 0.05) is 42.8 Å². The fraction of sp³-hybridized carbons (Fsp3) is 0.467. The highest BCUT2D eigenvalue weighted by molar-refractivity contribution is 5.85. The van der Waals surface area contributed by atoms with E-state index in [2.05, 4.69) is 36.3 Å². The lowest BCUT2D eigenvalue weighted by atomic mass is 9.96. The van der Waals surface area contributed by atoms with E-state index in [1.54, 1.807) is 4.90 Å². The molecule has 1 heterocycles. The zero-order valence-corrected chi connectivity index (χ0v) is 21.7. The molecule has 0 saturated heterocycles. The molecule has 0 unspecified atom stereocenters. The first kappa shape index (κ1) is 25.8. The van der Waals surface area contributed by atoms with Gasteiger partial charge in [-0.1, -0.05) is 81.6 Å². The molecule has 192 valence electrons. The van der Waals surface area contributed by atoms with Crippen molar-refractivity contribution in [2.24, 2.45) is 5.92 Å². The van der Waals surface area contributed by atoms with Crippen molar-refractivity contribution in [2.75, 3.05) is 19.6 Å². The van der Waals surface area contributed by atoms with Crippen molar-refractivity contribution in [3.8, 4) is 0 Å². The molecule has 36 heavy (non-hydrogen) atoms. The minimum Gasteiger partial charge on any atom is -0.361 e. The van der Waals surface area contributed by atoms with Crippen molar-refractivity contribution in [3.63, 3.8) is 0 Å². The third-order valence-electron chi connectivity index (χ3n) is 7.03. The molecule has 3 aromatic rings. The maximum absolute atomic E-state index is 13.7. The van der Waals surface area contributed by atoms with Crippen LogP contribution in [-0.4, -0.2) is 52.4 Å². The molecule has 1 fully saturated rings. The minimum absolute atomic E-state index is 0.0156. The first-order valence-corrected chi connectivity index (χ1v) is 13.4. The first-order valence-electron chi connectivity index (χ1n) is 13.4. The number of carbonyl (C=O) groups is 2. The molecule has 0 aliphatic heterocycles. The van der Waals surface area contributed by atoms with E-state index in [0.29, 0.717) is 19.6 Å². The second-order valence-corrected chi connectivity index (χ2v) is 10.5. The molecule has 1 aliphatic rings. The molecule has 0 spiro atoms. The molecule has 0 atom stereocenters. The van der Waals surface area contributed by atoms with Gasteiger partial charge in [0.15, 0.2) is 0 Å². The summed E-state index contributed by atoms with van der Waals surface area (Å²) in [5, 5.41) is 4.40. The molecule has 4 rings (SSSR count). The molecule has 3 amide bonds. The van der Waals surface area contributed by atoms with Crippen LogP contribution in [0.1, 0.15) is 57.1 Å². The fourth-order valence-corrected chi connectivity index (χ4v) is 5.13. The predicted molar refractivity (Wildman–Crippen MR) is 146 cm³/mol. The smallest absolute Gasteiger partial charge is 0.318 e. The number of benzene rings is 2. The van der Waals surface area contributed by atoms with E-state index < -0.39 is 0 Å². The Balaban J connectivity index is 1.47. The van der Waals surface area contributed by atoms with Crippen molar-refractivity contribution in [2.45, 2.75) is 65.0 Å². The zero-order valence-electron chi connectivity index (χ0n) is 21.7. The van der Waals surface area contributed by atoms with Gasteiger partial charge < -0.3 is 20.1 Å². The molecule has 1 aliphatic carbocycles. The van der Waals surface area contributed by atoms with Gasteiger partial charge in [-0.15, -0.1) is 0 Å². The Bertz CT molecular complexity index is 1120. The van der Waals surface area contributed by atoms with Crippen LogP contribution in [0.5, 0.6) is 0 Å². The van der Waals surface area contributed by atoms with Crippen molar-refractivity contribution >= 4 is 22.8 Å². The topological polar surface area (TPSA) is 68.4 Å². The molecule has 1 aromatic heterocycles. The van der Waals surface area contributed by atoms with E-state index in [1.807, 2.05) is 53.6 Å². The molecule has 0 bridgehead atoms. The SMILES string of the molecule is CC(C)CN(CC(=O)N(CCc1c[nH]c2ccccc12)Cc1ccccc1)C(=O)NC1CCCCC1. The Kier molecular flexibility index (Phi) is 9.04. The number of nitrogens with zero attached hydrogens (tertiary/aromatic N) is 2. The predicted octanol–water partition coefficient (Wildman–Crippen LogP) is 5.74. The van der Waals surface area contributed by atoms with Crippen LogP contribution >= 0.6 is 0 Å². The van der Waals surface area contributed by atoms with Gasteiger partial charge in [0.2, 0.25) is 5.91 Å². The van der Waals surface area contributed by atoms with Crippen molar-refractivity contribution in [1.29, 1.82) is 0 Å². The van der Waals surface area contributed by atoms with Crippen LogP contribution in [-0.2, 0) is 17.8 Å².